The van der Waals surface area contributed by atoms with Gasteiger partial charge in [-0.1, -0.05) is 36.4 Å². The molecule has 0 saturated carbocycles. The van der Waals surface area contributed by atoms with Crippen molar-refractivity contribution in [2.45, 2.75) is 20.1 Å². The van der Waals surface area contributed by atoms with Gasteiger partial charge in [-0.3, -0.25) is 4.79 Å². The van der Waals surface area contributed by atoms with E-state index in [4.69, 9.17) is 14.2 Å². The lowest BCUT2D eigenvalue weighted by Crippen LogP contribution is -2.31. The van der Waals surface area contributed by atoms with Gasteiger partial charge in [0.25, 0.3) is 5.91 Å². The maximum atomic E-state index is 13.2. The SMILES string of the molecule is CCN(Cc1cccc2c1OCCO2)C(=O)c1cccc(OCc2ccccc2C#N)c1. The minimum Gasteiger partial charge on any atom is -0.489 e. The predicted octanol–water partition coefficient (Wildman–Crippen LogP) is 4.57. The van der Waals surface area contributed by atoms with Crippen molar-refractivity contribution >= 4 is 5.91 Å². The largest absolute Gasteiger partial charge is 0.489 e. The van der Waals surface area contributed by atoms with Crippen molar-refractivity contribution in [3.8, 4) is 23.3 Å². The summed E-state index contributed by atoms with van der Waals surface area (Å²) in [5.74, 6) is 1.90. The first-order chi connectivity index (χ1) is 15.7. The first-order valence-electron chi connectivity index (χ1n) is 10.6. The third-order valence-electron chi connectivity index (χ3n) is 5.29. The zero-order valence-electron chi connectivity index (χ0n) is 17.9. The number of hydrogen-bond donors (Lipinski definition) is 0. The maximum absolute atomic E-state index is 13.2. The molecule has 0 spiro atoms. The van der Waals surface area contributed by atoms with Crippen molar-refractivity contribution in [2.24, 2.45) is 0 Å². The number of para-hydroxylation sites is 1. The summed E-state index contributed by atoms with van der Waals surface area (Å²) in [5.41, 5.74) is 2.84. The Hall–Kier alpha value is -3.98. The molecule has 3 aromatic rings. The molecule has 0 atom stereocenters. The van der Waals surface area contributed by atoms with Crippen LogP contribution in [-0.2, 0) is 13.2 Å². The molecule has 3 aromatic carbocycles. The lowest BCUT2D eigenvalue weighted by molar-refractivity contribution is 0.0748. The molecule has 32 heavy (non-hydrogen) atoms. The highest BCUT2D eigenvalue weighted by atomic mass is 16.6. The van der Waals surface area contributed by atoms with E-state index in [0.29, 0.717) is 54.7 Å². The number of nitriles is 1. The van der Waals surface area contributed by atoms with E-state index in [0.717, 1.165) is 11.1 Å². The molecular formula is C26H24N2O4. The van der Waals surface area contributed by atoms with Crippen LogP contribution >= 0.6 is 0 Å². The number of benzene rings is 3. The second-order valence-corrected chi connectivity index (χ2v) is 7.35. The van der Waals surface area contributed by atoms with E-state index in [-0.39, 0.29) is 12.5 Å². The molecule has 1 amide bonds. The highest BCUT2D eigenvalue weighted by Crippen LogP contribution is 2.34. The minimum absolute atomic E-state index is 0.0929. The Labute approximate surface area is 187 Å². The van der Waals surface area contributed by atoms with Gasteiger partial charge in [0.05, 0.1) is 11.6 Å². The molecule has 0 radical (unpaired) electrons. The highest BCUT2D eigenvalue weighted by molar-refractivity contribution is 5.94. The van der Waals surface area contributed by atoms with E-state index in [1.54, 1.807) is 35.2 Å². The van der Waals surface area contributed by atoms with Crippen LogP contribution in [0.25, 0.3) is 0 Å². The number of carbonyl (C=O) groups is 1. The summed E-state index contributed by atoms with van der Waals surface area (Å²) in [5, 5.41) is 9.24. The molecule has 1 heterocycles. The molecule has 0 bridgehead atoms. The minimum atomic E-state index is -0.0929. The Balaban J connectivity index is 1.48. The van der Waals surface area contributed by atoms with Gasteiger partial charge < -0.3 is 19.1 Å². The number of carbonyl (C=O) groups excluding carboxylic acids is 1. The van der Waals surface area contributed by atoms with E-state index >= 15 is 0 Å². The molecular weight excluding hydrogens is 404 g/mol. The van der Waals surface area contributed by atoms with Crippen molar-refractivity contribution in [1.29, 1.82) is 5.26 Å². The van der Waals surface area contributed by atoms with Gasteiger partial charge in [0.1, 0.15) is 25.6 Å². The third kappa shape index (κ3) is 4.68. The maximum Gasteiger partial charge on any atom is 0.254 e. The highest BCUT2D eigenvalue weighted by Gasteiger charge is 2.21. The van der Waals surface area contributed by atoms with E-state index in [1.165, 1.54) is 0 Å². The van der Waals surface area contributed by atoms with Crippen molar-refractivity contribution in [1.82, 2.24) is 4.90 Å². The van der Waals surface area contributed by atoms with Crippen molar-refractivity contribution < 1.29 is 19.0 Å². The van der Waals surface area contributed by atoms with E-state index < -0.39 is 0 Å². The van der Waals surface area contributed by atoms with Crippen LogP contribution in [0.4, 0.5) is 0 Å². The zero-order chi connectivity index (χ0) is 22.3. The molecule has 6 heteroatoms. The monoisotopic (exact) mass is 428 g/mol. The van der Waals surface area contributed by atoms with Gasteiger partial charge in [0.15, 0.2) is 11.5 Å². The van der Waals surface area contributed by atoms with Gasteiger partial charge in [-0.2, -0.15) is 5.26 Å². The Kier molecular flexibility index (Phi) is 6.57. The van der Waals surface area contributed by atoms with Crippen LogP contribution in [0.1, 0.15) is 34.0 Å². The lowest BCUT2D eigenvalue weighted by atomic mass is 10.1. The Bertz CT molecular complexity index is 1150. The molecule has 0 fully saturated rings. The van der Waals surface area contributed by atoms with E-state index in [1.807, 2.05) is 43.3 Å². The Morgan fingerprint density at radius 2 is 1.81 bits per heavy atom. The molecule has 6 nitrogen and oxygen atoms in total. The second-order valence-electron chi connectivity index (χ2n) is 7.35. The Morgan fingerprint density at radius 1 is 1.03 bits per heavy atom. The molecule has 1 aliphatic rings. The van der Waals surface area contributed by atoms with Crippen LogP contribution in [0, 0.1) is 11.3 Å². The van der Waals surface area contributed by atoms with E-state index in [9.17, 15) is 10.1 Å². The average molecular weight is 428 g/mol. The molecule has 0 saturated heterocycles. The molecule has 0 aliphatic carbocycles. The first kappa shape index (κ1) is 21.3. The van der Waals surface area contributed by atoms with Gasteiger partial charge in [-0.05, 0) is 37.3 Å². The smallest absolute Gasteiger partial charge is 0.254 e. The Morgan fingerprint density at radius 3 is 2.66 bits per heavy atom. The number of nitrogens with zero attached hydrogens (tertiary/aromatic N) is 2. The van der Waals surface area contributed by atoms with Gasteiger partial charge >= 0.3 is 0 Å². The van der Waals surface area contributed by atoms with Gasteiger partial charge in [-0.15, -0.1) is 0 Å². The van der Waals surface area contributed by atoms with Crippen molar-refractivity contribution in [2.75, 3.05) is 19.8 Å². The molecule has 4 rings (SSSR count). The number of hydrogen-bond acceptors (Lipinski definition) is 5. The van der Waals surface area contributed by atoms with Crippen LogP contribution in [0.2, 0.25) is 0 Å². The molecule has 0 aromatic heterocycles. The molecule has 0 N–H and O–H groups in total. The summed E-state index contributed by atoms with van der Waals surface area (Å²) in [6.45, 7) is 4.19. The van der Waals surface area contributed by atoms with Crippen LogP contribution in [-0.4, -0.2) is 30.6 Å². The lowest BCUT2D eigenvalue weighted by Gasteiger charge is -2.25. The summed E-state index contributed by atoms with van der Waals surface area (Å²) in [6.07, 6.45) is 0. The molecule has 0 unspecified atom stereocenters. The standard InChI is InChI=1S/C26H24N2O4/c1-2-28(17-21-10-6-12-24-25(21)31-14-13-30-24)26(29)19-9-5-11-23(15-19)32-18-22-8-4-3-7-20(22)16-27/h3-12,15H,2,13-14,17-18H2,1H3. The summed E-state index contributed by atoms with van der Waals surface area (Å²) in [6, 6.07) is 22.3. The first-order valence-corrected chi connectivity index (χ1v) is 10.6. The van der Waals surface area contributed by atoms with Gasteiger partial charge in [0.2, 0.25) is 0 Å². The van der Waals surface area contributed by atoms with Crippen LogP contribution in [0.5, 0.6) is 17.2 Å². The summed E-state index contributed by atoms with van der Waals surface area (Å²) >= 11 is 0. The zero-order valence-corrected chi connectivity index (χ0v) is 17.9. The van der Waals surface area contributed by atoms with Crippen LogP contribution in [0.15, 0.2) is 66.7 Å². The second kappa shape index (κ2) is 9.88. The molecule has 162 valence electrons. The topological polar surface area (TPSA) is 71.8 Å². The fraction of sp³-hybridized carbons (Fsp3) is 0.231. The van der Waals surface area contributed by atoms with E-state index in [2.05, 4.69) is 6.07 Å². The fourth-order valence-corrected chi connectivity index (χ4v) is 3.61. The van der Waals surface area contributed by atoms with Crippen molar-refractivity contribution in [3.05, 3.63) is 89.0 Å². The average Bonchev–Trinajstić information content (AvgIpc) is 2.86. The van der Waals surface area contributed by atoms with Gasteiger partial charge in [-0.25, -0.2) is 0 Å². The summed E-state index contributed by atoms with van der Waals surface area (Å²) in [4.78, 5) is 15.0. The normalized spacial score (nSPS) is 12.0. The van der Waals surface area contributed by atoms with Crippen molar-refractivity contribution in [3.63, 3.8) is 0 Å². The summed E-state index contributed by atoms with van der Waals surface area (Å²) < 4.78 is 17.3. The van der Waals surface area contributed by atoms with Gasteiger partial charge in [0, 0.05) is 29.8 Å². The summed E-state index contributed by atoms with van der Waals surface area (Å²) in [7, 11) is 0. The van der Waals surface area contributed by atoms with Crippen LogP contribution in [0.3, 0.4) is 0 Å². The number of rotatable bonds is 7. The predicted molar refractivity (Wildman–Crippen MR) is 120 cm³/mol. The number of fused-ring (bicyclic) bond motifs is 1. The fourth-order valence-electron chi connectivity index (χ4n) is 3.61. The van der Waals surface area contributed by atoms with Crippen LogP contribution < -0.4 is 14.2 Å². The number of ether oxygens (including phenoxy) is 3. The number of amides is 1. The quantitative estimate of drug-likeness (QED) is 0.551. The third-order valence-corrected chi connectivity index (χ3v) is 5.29. The molecule has 1 aliphatic heterocycles.